The average molecular weight is 171 g/mol. The van der Waals surface area contributed by atoms with Crippen molar-refractivity contribution in [2.45, 2.75) is 20.8 Å². The first-order chi connectivity index (χ1) is 6.11. The Morgan fingerprint density at radius 1 is 0.923 bits per heavy atom. The first-order valence-corrected chi connectivity index (χ1v) is 3.89. The van der Waals surface area contributed by atoms with Gasteiger partial charge in [0.05, 0.1) is 22.5 Å². The zero-order valence-electron chi connectivity index (χ0n) is 7.84. The lowest BCUT2D eigenvalue weighted by atomic mass is 10.0. The number of rotatable bonds is 0. The molecule has 0 bridgehead atoms. The average Bonchev–Trinajstić information content (AvgIpc) is 2.04. The summed E-state index contributed by atoms with van der Waals surface area (Å²) in [6.45, 7) is 5.33. The molecule has 0 aliphatic heterocycles. The smallest absolute Gasteiger partial charge is 0.101 e. The molecule has 0 fully saturated rings. The number of pyridine rings is 1. The minimum Gasteiger partial charge on any atom is -0.256 e. The summed E-state index contributed by atoms with van der Waals surface area (Å²) < 4.78 is 0. The Hall–Kier alpha value is -1.87. The highest BCUT2D eigenvalue weighted by Gasteiger charge is 2.10. The summed E-state index contributed by atoms with van der Waals surface area (Å²) in [6, 6.07) is 4.10. The molecule has 0 atom stereocenters. The Bertz CT molecular complexity index is 395. The van der Waals surface area contributed by atoms with Gasteiger partial charge < -0.3 is 0 Å². The van der Waals surface area contributed by atoms with Crippen molar-refractivity contribution >= 4 is 0 Å². The summed E-state index contributed by atoms with van der Waals surface area (Å²) in [5, 5.41) is 17.6. The number of aromatic nitrogens is 1. The molecule has 0 spiro atoms. The number of nitrogens with zero attached hydrogens (tertiary/aromatic N) is 3. The minimum atomic E-state index is 0.516. The van der Waals surface area contributed by atoms with Gasteiger partial charge in [0.1, 0.15) is 12.1 Å². The molecule has 13 heavy (non-hydrogen) atoms. The molecule has 0 unspecified atom stereocenters. The lowest BCUT2D eigenvalue weighted by Crippen LogP contribution is -2.00. The van der Waals surface area contributed by atoms with Gasteiger partial charge in [-0.1, -0.05) is 0 Å². The van der Waals surface area contributed by atoms with E-state index in [1.165, 1.54) is 0 Å². The highest BCUT2D eigenvalue weighted by atomic mass is 14.7. The predicted octanol–water partition coefficient (Wildman–Crippen LogP) is 1.75. The molecule has 0 saturated heterocycles. The minimum absolute atomic E-state index is 0.516. The van der Waals surface area contributed by atoms with E-state index in [0.29, 0.717) is 22.5 Å². The third kappa shape index (κ3) is 1.37. The van der Waals surface area contributed by atoms with Crippen LogP contribution < -0.4 is 0 Å². The van der Waals surface area contributed by atoms with Crippen molar-refractivity contribution in [2.24, 2.45) is 0 Å². The van der Waals surface area contributed by atoms with Crippen molar-refractivity contribution in [3.05, 3.63) is 28.1 Å². The topological polar surface area (TPSA) is 60.5 Å². The molecule has 0 saturated carbocycles. The zero-order chi connectivity index (χ0) is 10.0. The van der Waals surface area contributed by atoms with Crippen molar-refractivity contribution < 1.29 is 0 Å². The molecule has 0 aliphatic carbocycles. The van der Waals surface area contributed by atoms with Crippen LogP contribution >= 0.6 is 0 Å². The van der Waals surface area contributed by atoms with Crippen molar-refractivity contribution in [2.75, 3.05) is 0 Å². The van der Waals surface area contributed by atoms with Crippen LogP contribution in [0.25, 0.3) is 0 Å². The summed E-state index contributed by atoms with van der Waals surface area (Å²) in [5.74, 6) is 0. The van der Waals surface area contributed by atoms with Gasteiger partial charge in [0, 0.05) is 0 Å². The van der Waals surface area contributed by atoms with E-state index in [4.69, 9.17) is 10.5 Å². The van der Waals surface area contributed by atoms with Crippen LogP contribution in [0.2, 0.25) is 0 Å². The Balaban J connectivity index is 3.63. The number of hydrogen-bond donors (Lipinski definition) is 0. The second kappa shape index (κ2) is 3.25. The molecule has 0 N–H and O–H groups in total. The van der Waals surface area contributed by atoms with Crippen molar-refractivity contribution in [1.82, 2.24) is 4.98 Å². The fourth-order valence-electron chi connectivity index (χ4n) is 1.36. The van der Waals surface area contributed by atoms with Gasteiger partial charge in [-0.25, -0.2) is 0 Å². The van der Waals surface area contributed by atoms with Crippen LogP contribution in [0.15, 0.2) is 0 Å². The summed E-state index contributed by atoms with van der Waals surface area (Å²) in [5.41, 5.74) is 3.15. The van der Waals surface area contributed by atoms with Gasteiger partial charge in [-0.15, -0.1) is 0 Å². The van der Waals surface area contributed by atoms with E-state index in [-0.39, 0.29) is 0 Å². The Labute approximate surface area is 77.3 Å². The van der Waals surface area contributed by atoms with Gasteiger partial charge in [0.2, 0.25) is 0 Å². The summed E-state index contributed by atoms with van der Waals surface area (Å²) in [6.07, 6.45) is 0. The normalized spacial score (nSPS) is 9.00. The summed E-state index contributed by atoms with van der Waals surface area (Å²) in [4.78, 5) is 4.13. The van der Waals surface area contributed by atoms with Gasteiger partial charge in [0.25, 0.3) is 0 Å². The van der Waals surface area contributed by atoms with Crippen LogP contribution in [0.1, 0.15) is 28.1 Å². The molecule has 3 heteroatoms. The fourth-order valence-corrected chi connectivity index (χ4v) is 1.36. The van der Waals surface area contributed by atoms with Crippen molar-refractivity contribution in [3.63, 3.8) is 0 Å². The maximum Gasteiger partial charge on any atom is 0.101 e. The Kier molecular flexibility index (Phi) is 2.30. The molecule has 0 amide bonds. The van der Waals surface area contributed by atoms with Crippen LogP contribution in [-0.2, 0) is 0 Å². The zero-order valence-corrected chi connectivity index (χ0v) is 7.84. The molecule has 1 aromatic rings. The monoisotopic (exact) mass is 171 g/mol. The van der Waals surface area contributed by atoms with Crippen LogP contribution in [0, 0.1) is 43.4 Å². The van der Waals surface area contributed by atoms with E-state index in [1.807, 2.05) is 0 Å². The first-order valence-electron chi connectivity index (χ1n) is 3.89. The third-order valence-electron chi connectivity index (χ3n) is 2.03. The van der Waals surface area contributed by atoms with Crippen molar-refractivity contribution in [3.8, 4) is 12.1 Å². The second-order valence-electron chi connectivity index (χ2n) is 2.88. The summed E-state index contributed by atoms with van der Waals surface area (Å²) in [7, 11) is 0. The molecule has 1 rings (SSSR count). The molecule has 1 aromatic heterocycles. The quantitative estimate of drug-likeness (QED) is 0.597. The molecule has 0 radical (unpaired) electrons. The second-order valence-corrected chi connectivity index (χ2v) is 2.88. The predicted molar refractivity (Wildman–Crippen MR) is 47.9 cm³/mol. The van der Waals surface area contributed by atoms with E-state index in [0.717, 1.165) is 5.56 Å². The first kappa shape index (κ1) is 9.22. The maximum absolute atomic E-state index is 8.81. The number of nitriles is 2. The lowest BCUT2D eigenvalue weighted by molar-refractivity contribution is 1.07. The molecule has 64 valence electrons. The van der Waals surface area contributed by atoms with Gasteiger partial charge in [-0.2, -0.15) is 10.5 Å². The third-order valence-corrected chi connectivity index (χ3v) is 2.03. The maximum atomic E-state index is 8.81. The fraction of sp³-hybridized carbons (Fsp3) is 0.300. The van der Waals surface area contributed by atoms with Crippen molar-refractivity contribution in [1.29, 1.82) is 10.5 Å². The van der Waals surface area contributed by atoms with Crippen LogP contribution in [0.4, 0.5) is 0 Å². The Morgan fingerprint density at radius 3 is 1.62 bits per heavy atom. The van der Waals surface area contributed by atoms with Gasteiger partial charge in [0.15, 0.2) is 0 Å². The van der Waals surface area contributed by atoms with Gasteiger partial charge in [-0.3, -0.25) is 4.98 Å². The lowest BCUT2D eigenvalue weighted by Gasteiger charge is -2.05. The van der Waals surface area contributed by atoms with Crippen LogP contribution in [0.5, 0.6) is 0 Å². The van der Waals surface area contributed by atoms with E-state index in [2.05, 4.69) is 17.1 Å². The molecular weight excluding hydrogens is 162 g/mol. The molecule has 3 nitrogen and oxygen atoms in total. The molecular formula is C10H9N3. The van der Waals surface area contributed by atoms with E-state index in [9.17, 15) is 0 Å². The Morgan fingerprint density at radius 2 is 1.31 bits per heavy atom. The van der Waals surface area contributed by atoms with Crippen LogP contribution in [0.3, 0.4) is 0 Å². The van der Waals surface area contributed by atoms with E-state index >= 15 is 0 Å². The standard InChI is InChI=1S/C10H9N3/c1-6-9(4-11)7(2)13-8(3)10(6)5-12/h1-3H3. The SMILES string of the molecule is Cc1nc(C)c(C#N)c(C)c1C#N. The molecule has 1 heterocycles. The number of aryl methyl sites for hydroxylation is 2. The van der Waals surface area contributed by atoms with Crippen LogP contribution in [-0.4, -0.2) is 4.98 Å². The highest BCUT2D eigenvalue weighted by molar-refractivity contribution is 5.51. The highest BCUT2D eigenvalue weighted by Crippen LogP contribution is 2.17. The molecule has 0 aliphatic rings. The van der Waals surface area contributed by atoms with Gasteiger partial charge >= 0.3 is 0 Å². The van der Waals surface area contributed by atoms with E-state index in [1.54, 1.807) is 20.8 Å². The van der Waals surface area contributed by atoms with E-state index < -0.39 is 0 Å². The molecule has 0 aromatic carbocycles. The summed E-state index contributed by atoms with van der Waals surface area (Å²) >= 11 is 0. The van der Waals surface area contributed by atoms with Gasteiger partial charge in [-0.05, 0) is 26.3 Å². The largest absolute Gasteiger partial charge is 0.256 e. The number of hydrogen-bond acceptors (Lipinski definition) is 3.